The van der Waals surface area contributed by atoms with Crippen molar-refractivity contribution in [1.29, 1.82) is 0 Å². The number of aryl methyl sites for hydroxylation is 1. The van der Waals surface area contributed by atoms with E-state index in [1.54, 1.807) is 4.68 Å². The van der Waals surface area contributed by atoms with E-state index in [2.05, 4.69) is 20.6 Å². The molecule has 0 radical (unpaired) electrons. The molecule has 2 unspecified atom stereocenters. The molecule has 6 rings (SSSR count). The minimum atomic E-state index is -0.496. The minimum absolute atomic E-state index is 0.126. The number of nitrogens with zero attached hydrogens (tertiary/aromatic N) is 3. The number of aliphatic hydroxyl groups is 1. The van der Waals surface area contributed by atoms with E-state index < -0.39 is 5.60 Å². The Morgan fingerprint density at radius 1 is 1.34 bits per heavy atom. The van der Waals surface area contributed by atoms with Crippen molar-refractivity contribution >= 4 is 23.3 Å². The molecule has 1 aromatic rings. The van der Waals surface area contributed by atoms with E-state index in [-0.39, 0.29) is 11.9 Å². The molecule has 0 aromatic carbocycles. The largest absolute Gasteiger partial charge is 0.390 e. The second-order valence-corrected chi connectivity index (χ2v) is 10.3. The van der Waals surface area contributed by atoms with Gasteiger partial charge in [-0.2, -0.15) is 5.10 Å². The number of rotatable bonds is 4. The number of amides is 1. The number of carbonyl (C=O) groups is 1. The molecule has 4 saturated carbocycles. The first-order valence-corrected chi connectivity index (χ1v) is 11.4. The van der Waals surface area contributed by atoms with Gasteiger partial charge in [-0.25, -0.2) is 0 Å². The Morgan fingerprint density at radius 2 is 2.07 bits per heavy atom. The number of halogens is 1. The highest BCUT2D eigenvalue weighted by Gasteiger charge is 2.55. The highest BCUT2D eigenvalue weighted by atomic mass is 35.5. The molecular weight excluding hydrogens is 390 g/mol. The summed E-state index contributed by atoms with van der Waals surface area (Å²) in [5.41, 5.74) is -0.183. The van der Waals surface area contributed by atoms with Crippen molar-refractivity contribution in [3.8, 4) is 0 Å². The molecule has 1 saturated heterocycles. The van der Waals surface area contributed by atoms with Crippen molar-refractivity contribution < 1.29 is 9.90 Å². The molecule has 3 atom stereocenters. The number of nitrogens with one attached hydrogen (secondary N) is 2. The number of hydrogen-bond donors (Lipinski definition) is 3. The quantitative estimate of drug-likeness (QED) is 0.692. The van der Waals surface area contributed by atoms with Crippen LogP contribution >= 0.6 is 11.6 Å². The average Bonchev–Trinajstić information content (AvgIpc) is 2.97. The molecule has 1 aromatic heterocycles. The summed E-state index contributed by atoms with van der Waals surface area (Å²) in [6.45, 7) is 1.96. The molecule has 7 nitrogen and oxygen atoms in total. The van der Waals surface area contributed by atoms with Crippen molar-refractivity contribution in [3.63, 3.8) is 0 Å². The maximum atomic E-state index is 13.1. The highest BCUT2D eigenvalue weighted by Crippen LogP contribution is 2.55. The summed E-state index contributed by atoms with van der Waals surface area (Å²) in [6.07, 6.45) is 7.02. The lowest BCUT2D eigenvalue weighted by atomic mass is 9.52. The Kier molecular flexibility index (Phi) is 4.83. The Balaban J connectivity index is 1.33. The maximum Gasteiger partial charge on any atom is 0.273 e. The van der Waals surface area contributed by atoms with Gasteiger partial charge in [0.25, 0.3) is 5.91 Å². The van der Waals surface area contributed by atoms with Gasteiger partial charge in [0.15, 0.2) is 5.69 Å². The molecule has 4 aliphatic carbocycles. The fourth-order valence-electron chi connectivity index (χ4n) is 6.79. The number of hydrogen-bond acceptors (Lipinski definition) is 5. The van der Waals surface area contributed by atoms with Crippen molar-refractivity contribution in [1.82, 2.24) is 20.4 Å². The predicted molar refractivity (Wildman–Crippen MR) is 112 cm³/mol. The van der Waals surface area contributed by atoms with Crippen LogP contribution in [0.25, 0.3) is 0 Å². The number of piperidine rings is 1. The van der Waals surface area contributed by atoms with Crippen molar-refractivity contribution in [2.45, 2.75) is 62.6 Å². The van der Waals surface area contributed by atoms with Crippen LogP contribution in [0.1, 0.15) is 55.4 Å². The zero-order valence-corrected chi connectivity index (χ0v) is 18.1. The second kappa shape index (κ2) is 7.13. The third-order valence-electron chi connectivity index (χ3n) is 7.87. The Hall–Kier alpha value is -1.31. The first kappa shape index (κ1) is 19.6. The molecular formula is C21H32ClN5O2. The number of likely N-dealkylation sites (N-methyl/N-ethyl adjacent to an activating group) is 1. The molecule has 2 heterocycles. The van der Waals surface area contributed by atoms with Crippen LogP contribution in [-0.4, -0.2) is 58.6 Å². The minimum Gasteiger partial charge on any atom is -0.390 e. The zero-order chi connectivity index (χ0) is 20.3. The first-order valence-electron chi connectivity index (χ1n) is 11.0. The van der Waals surface area contributed by atoms with Crippen LogP contribution in [0, 0.1) is 17.8 Å². The van der Waals surface area contributed by atoms with Crippen LogP contribution in [0.2, 0.25) is 5.02 Å². The molecule has 1 amide bonds. The summed E-state index contributed by atoms with van der Waals surface area (Å²) in [5, 5.41) is 22.4. The number of aromatic nitrogens is 2. The van der Waals surface area contributed by atoms with Gasteiger partial charge in [0.1, 0.15) is 10.8 Å². The molecule has 5 aliphatic rings. The molecule has 29 heavy (non-hydrogen) atoms. The van der Waals surface area contributed by atoms with E-state index in [1.807, 2.05) is 14.1 Å². The van der Waals surface area contributed by atoms with Gasteiger partial charge in [-0.3, -0.25) is 9.48 Å². The van der Waals surface area contributed by atoms with E-state index in [0.29, 0.717) is 34.5 Å². The Morgan fingerprint density at radius 3 is 2.69 bits per heavy atom. The lowest BCUT2D eigenvalue weighted by Crippen LogP contribution is -2.61. The predicted octanol–water partition coefficient (Wildman–Crippen LogP) is 1.93. The van der Waals surface area contributed by atoms with Crippen LogP contribution in [0.3, 0.4) is 0 Å². The Labute approximate surface area is 177 Å². The average molecular weight is 422 g/mol. The maximum absolute atomic E-state index is 13.1. The monoisotopic (exact) mass is 421 g/mol. The lowest BCUT2D eigenvalue weighted by molar-refractivity contribution is -0.136. The highest BCUT2D eigenvalue weighted by molar-refractivity contribution is 6.36. The smallest absolute Gasteiger partial charge is 0.273 e. The van der Waals surface area contributed by atoms with Crippen LogP contribution in [0.4, 0.5) is 5.82 Å². The summed E-state index contributed by atoms with van der Waals surface area (Å²) in [5.74, 6) is 1.97. The fraction of sp³-hybridized carbons (Fsp3) is 0.810. The molecule has 160 valence electrons. The third-order valence-corrected chi connectivity index (χ3v) is 8.22. The van der Waals surface area contributed by atoms with E-state index in [0.717, 1.165) is 63.9 Å². The number of carbonyl (C=O) groups excluding carboxylic acids is 1. The van der Waals surface area contributed by atoms with Crippen LogP contribution in [0.5, 0.6) is 0 Å². The van der Waals surface area contributed by atoms with Gasteiger partial charge in [0.05, 0.1) is 5.60 Å². The van der Waals surface area contributed by atoms with Crippen molar-refractivity contribution in [2.75, 3.05) is 25.0 Å². The van der Waals surface area contributed by atoms with Gasteiger partial charge >= 0.3 is 0 Å². The second-order valence-electron chi connectivity index (χ2n) is 9.91. The van der Waals surface area contributed by atoms with E-state index in [9.17, 15) is 9.90 Å². The summed E-state index contributed by atoms with van der Waals surface area (Å²) < 4.78 is 1.73. The molecule has 0 spiro atoms. The third kappa shape index (κ3) is 3.35. The standard InChI is InChI=1S/C21H32ClN5O2/c1-26(15-4-3-5-23-11-15)20-16(22)18(25-27(20)2)19(28)24-17-13-6-12-7-14(17)10-21(29,8-12)9-13/h12-15,17,23,29H,3-11H2,1-2H3,(H,24,28)/t12?,13?,14?,15-,17?,21?/m0/s1. The molecule has 8 heteroatoms. The van der Waals surface area contributed by atoms with Crippen LogP contribution in [-0.2, 0) is 7.05 Å². The zero-order valence-electron chi connectivity index (χ0n) is 17.3. The summed E-state index contributed by atoms with van der Waals surface area (Å²) in [6, 6.07) is 0.471. The normalized spacial score (nSPS) is 38.3. The molecule has 1 aliphatic heterocycles. The van der Waals surface area contributed by atoms with Gasteiger partial charge in [-0.15, -0.1) is 0 Å². The lowest BCUT2D eigenvalue weighted by Gasteiger charge is -2.58. The van der Waals surface area contributed by atoms with Gasteiger partial charge < -0.3 is 20.6 Å². The first-order chi connectivity index (χ1) is 13.8. The summed E-state index contributed by atoms with van der Waals surface area (Å²) in [4.78, 5) is 15.3. The fourth-order valence-corrected chi connectivity index (χ4v) is 7.17. The van der Waals surface area contributed by atoms with Gasteiger partial charge in [-0.05, 0) is 69.2 Å². The molecule has 4 bridgehead atoms. The summed E-state index contributed by atoms with van der Waals surface area (Å²) >= 11 is 6.68. The van der Waals surface area contributed by atoms with E-state index >= 15 is 0 Å². The topological polar surface area (TPSA) is 82.4 Å². The van der Waals surface area contributed by atoms with Crippen molar-refractivity contribution in [3.05, 3.63) is 10.7 Å². The van der Waals surface area contributed by atoms with Crippen LogP contribution < -0.4 is 15.5 Å². The van der Waals surface area contributed by atoms with Gasteiger partial charge in [0, 0.05) is 32.7 Å². The van der Waals surface area contributed by atoms with Gasteiger partial charge in [0.2, 0.25) is 0 Å². The summed E-state index contributed by atoms with van der Waals surface area (Å²) in [7, 11) is 3.88. The van der Waals surface area contributed by atoms with Crippen LogP contribution in [0.15, 0.2) is 0 Å². The van der Waals surface area contributed by atoms with Crippen molar-refractivity contribution in [2.24, 2.45) is 24.8 Å². The van der Waals surface area contributed by atoms with E-state index in [4.69, 9.17) is 11.6 Å². The number of anilines is 1. The Bertz CT molecular complexity index is 789. The SMILES string of the molecule is CN(c1c(Cl)c(C(=O)NC2C3CC4CC2CC(O)(C4)C3)nn1C)[C@H]1CCCNC1. The molecule has 3 N–H and O–H groups in total. The van der Waals surface area contributed by atoms with Gasteiger partial charge in [-0.1, -0.05) is 11.6 Å². The van der Waals surface area contributed by atoms with E-state index in [1.165, 1.54) is 0 Å². The molecule has 5 fully saturated rings.